The monoisotopic (exact) mass is 387 g/mol. The third-order valence-corrected chi connectivity index (χ3v) is 7.15. The van der Waals surface area contributed by atoms with Crippen LogP contribution in [0.4, 0.5) is 5.69 Å². The van der Waals surface area contributed by atoms with E-state index in [0.29, 0.717) is 27.2 Å². The summed E-state index contributed by atoms with van der Waals surface area (Å²) in [6.45, 7) is 0. The number of hydrogen-bond acceptors (Lipinski definition) is 4. The van der Waals surface area contributed by atoms with Crippen LogP contribution in [-0.2, 0) is 15.6 Å². The van der Waals surface area contributed by atoms with Crippen LogP contribution >= 0.6 is 11.6 Å². The molecule has 0 unspecified atom stereocenters. The molecule has 3 saturated carbocycles. The molecule has 26 heavy (non-hydrogen) atoms. The van der Waals surface area contributed by atoms with Gasteiger partial charge in [0.25, 0.3) is 10.0 Å². The predicted octanol–water partition coefficient (Wildman–Crippen LogP) is 3.20. The zero-order valence-electron chi connectivity index (χ0n) is 13.5. The molecule has 1 aromatic carbocycles. The summed E-state index contributed by atoms with van der Waals surface area (Å²) in [6, 6.07) is 5.19. The number of nitrogens with one attached hydrogen (secondary N) is 2. The molecule has 3 aromatic rings. The highest BCUT2D eigenvalue weighted by Gasteiger charge is 2.58. The van der Waals surface area contributed by atoms with Crippen LogP contribution in [0.25, 0.3) is 10.9 Å². The molecule has 6 rings (SSSR count). The maximum absolute atomic E-state index is 12.8. The summed E-state index contributed by atoms with van der Waals surface area (Å²) in [6.07, 6.45) is 7.73. The van der Waals surface area contributed by atoms with Crippen molar-refractivity contribution in [2.75, 3.05) is 4.72 Å². The van der Waals surface area contributed by atoms with Crippen LogP contribution in [-0.4, -0.2) is 23.2 Å². The van der Waals surface area contributed by atoms with Crippen molar-refractivity contribution in [3.63, 3.8) is 0 Å². The van der Waals surface area contributed by atoms with Crippen LogP contribution < -0.4 is 4.72 Å². The van der Waals surface area contributed by atoms with Gasteiger partial charge in [0.15, 0.2) is 0 Å². The number of halogens is 1. The quantitative estimate of drug-likeness (QED) is 0.717. The van der Waals surface area contributed by atoms with Gasteiger partial charge in [0, 0.05) is 17.8 Å². The average Bonchev–Trinajstić information content (AvgIpc) is 3.14. The highest BCUT2D eigenvalue weighted by atomic mass is 35.5. The first-order chi connectivity index (χ1) is 12.4. The van der Waals surface area contributed by atoms with Gasteiger partial charge in [0.1, 0.15) is 11.0 Å². The van der Waals surface area contributed by atoms with E-state index < -0.39 is 10.0 Å². The summed E-state index contributed by atoms with van der Waals surface area (Å²) in [7, 11) is -3.80. The highest BCUT2D eigenvalue weighted by molar-refractivity contribution is 7.92. The normalized spacial score (nSPS) is 23.9. The van der Waals surface area contributed by atoms with E-state index in [1.807, 2.05) is 6.07 Å². The fourth-order valence-corrected chi connectivity index (χ4v) is 5.26. The van der Waals surface area contributed by atoms with Gasteiger partial charge in [-0.3, -0.25) is 9.40 Å². The van der Waals surface area contributed by atoms with Gasteiger partial charge >= 0.3 is 0 Å². The molecular formula is C17H14ClN5O2S. The van der Waals surface area contributed by atoms with E-state index in [-0.39, 0.29) is 10.4 Å². The first kappa shape index (κ1) is 15.7. The zero-order valence-corrected chi connectivity index (χ0v) is 15.1. The molecular weight excluding hydrogens is 374 g/mol. The first-order valence-electron chi connectivity index (χ1n) is 8.19. The molecule has 0 radical (unpaired) electrons. The Labute approximate surface area is 154 Å². The number of hydrogen-bond donors (Lipinski definition) is 2. The number of aromatic amines is 1. The Morgan fingerprint density at radius 2 is 2.15 bits per heavy atom. The Balaban J connectivity index is 1.51. The van der Waals surface area contributed by atoms with Crippen LogP contribution in [0.15, 0.2) is 35.6 Å². The van der Waals surface area contributed by atoms with Crippen molar-refractivity contribution in [1.82, 2.24) is 14.8 Å². The number of nitrogens with zero attached hydrogens (tertiary/aromatic N) is 3. The van der Waals surface area contributed by atoms with Crippen molar-refractivity contribution in [3.05, 3.63) is 41.3 Å². The van der Waals surface area contributed by atoms with Crippen LogP contribution in [0.5, 0.6) is 0 Å². The zero-order chi connectivity index (χ0) is 18.1. The minimum Gasteiger partial charge on any atom is -0.358 e. The van der Waals surface area contributed by atoms with Crippen LogP contribution in [0, 0.1) is 17.2 Å². The van der Waals surface area contributed by atoms with Crippen LogP contribution in [0.1, 0.15) is 24.8 Å². The van der Waals surface area contributed by atoms with Crippen molar-refractivity contribution in [3.8, 4) is 6.07 Å². The van der Waals surface area contributed by atoms with Gasteiger partial charge in [-0.05, 0) is 37.3 Å². The second-order valence-electron chi connectivity index (χ2n) is 7.09. The van der Waals surface area contributed by atoms with E-state index >= 15 is 0 Å². The minimum atomic E-state index is -3.80. The fourth-order valence-electron chi connectivity index (χ4n) is 4.00. The molecule has 132 valence electrons. The van der Waals surface area contributed by atoms with Crippen LogP contribution in [0.3, 0.4) is 0 Å². The summed E-state index contributed by atoms with van der Waals surface area (Å²) >= 11 is 6.16. The predicted molar refractivity (Wildman–Crippen MR) is 96.4 cm³/mol. The number of fused-ring (bicyclic) bond motifs is 1. The smallest absolute Gasteiger partial charge is 0.265 e. The Bertz CT molecular complexity index is 1190. The minimum absolute atomic E-state index is 0.0348. The third-order valence-electron chi connectivity index (χ3n) is 5.51. The molecule has 2 bridgehead atoms. The highest BCUT2D eigenvalue weighted by Crippen LogP contribution is 2.62. The molecule has 3 aliphatic carbocycles. The first-order valence-corrected chi connectivity index (χ1v) is 10.1. The van der Waals surface area contributed by atoms with Crippen LogP contribution in [0.2, 0.25) is 5.02 Å². The van der Waals surface area contributed by atoms with E-state index in [1.165, 1.54) is 12.4 Å². The molecule has 3 fully saturated rings. The second-order valence-corrected chi connectivity index (χ2v) is 9.18. The lowest BCUT2D eigenvalue weighted by Crippen LogP contribution is -2.59. The van der Waals surface area contributed by atoms with E-state index in [0.717, 1.165) is 25.2 Å². The maximum atomic E-state index is 12.8. The Morgan fingerprint density at radius 1 is 1.38 bits per heavy atom. The van der Waals surface area contributed by atoms with Crippen molar-refractivity contribution in [2.45, 2.75) is 29.7 Å². The lowest BCUT2D eigenvalue weighted by molar-refractivity contribution is -0.0979. The number of rotatable bonds is 4. The Kier molecular flexibility index (Phi) is 3.04. The molecule has 2 heterocycles. The standard InChI is InChI=1S/C17H14ClN5O2S/c18-13-1-2-14(16-15(13)11(6-19)7-20-16)22-26(24,25)12-8-21-23(9-12)17-3-10(4-17)5-17/h1-2,7-10,20,22H,3-5H2. The van der Waals surface area contributed by atoms with Gasteiger partial charge < -0.3 is 4.98 Å². The van der Waals surface area contributed by atoms with Crippen molar-refractivity contribution >= 4 is 38.2 Å². The van der Waals surface area contributed by atoms with E-state index in [9.17, 15) is 13.7 Å². The maximum Gasteiger partial charge on any atom is 0.265 e. The van der Waals surface area contributed by atoms with Gasteiger partial charge in [-0.15, -0.1) is 0 Å². The largest absolute Gasteiger partial charge is 0.358 e. The third kappa shape index (κ3) is 2.04. The van der Waals surface area contributed by atoms with Gasteiger partial charge in [-0.25, -0.2) is 8.42 Å². The lowest BCUT2D eigenvalue weighted by Gasteiger charge is -2.61. The van der Waals surface area contributed by atoms with Crippen molar-refractivity contribution < 1.29 is 8.42 Å². The molecule has 2 aromatic heterocycles. The summed E-state index contributed by atoms with van der Waals surface area (Å²) in [5.74, 6) is 0.780. The second kappa shape index (κ2) is 5.02. The topological polar surface area (TPSA) is 104 Å². The summed E-state index contributed by atoms with van der Waals surface area (Å²) < 4.78 is 29.9. The average molecular weight is 388 g/mol. The van der Waals surface area contributed by atoms with Gasteiger partial charge in [-0.2, -0.15) is 10.4 Å². The molecule has 0 aliphatic heterocycles. The van der Waals surface area contributed by atoms with Crippen molar-refractivity contribution in [2.24, 2.45) is 5.92 Å². The number of nitriles is 1. The summed E-state index contributed by atoms with van der Waals surface area (Å²) in [5, 5.41) is 14.3. The molecule has 0 amide bonds. The fraction of sp³-hybridized carbons (Fsp3) is 0.294. The van der Waals surface area contributed by atoms with Gasteiger partial charge in [-0.1, -0.05) is 11.6 Å². The van der Waals surface area contributed by atoms with E-state index in [4.69, 9.17) is 11.6 Å². The SMILES string of the molecule is N#Cc1c[nH]c2c(NS(=O)(=O)c3cnn(C45CC(C4)C5)c3)ccc(Cl)c12. The van der Waals surface area contributed by atoms with E-state index in [1.54, 1.807) is 23.0 Å². The number of aromatic nitrogens is 3. The van der Waals surface area contributed by atoms with E-state index in [2.05, 4.69) is 14.8 Å². The summed E-state index contributed by atoms with van der Waals surface area (Å²) in [5.41, 5.74) is 1.21. The lowest BCUT2D eigenvalue weighted by atomic mass is 9.50. The molecule has 9 heteroatoms. The van der Waals surface area contributed by atoms with Gasteiger partial charge in [0.05, 0.1) is 33.5 Å². The number of sulfonamides is 1. The molecule has 0 spiro atoms. The number of anilines is 1. The Morgan fingerprint density at radius 3 is 2.81 bits per heavy atom. The Hall–Kier alpha value is -2.50. The molecule has 2 N–H and O–H groups in total. The number of H-pyrrole nitrogens is 1. The summed E-state index contributed by atoms with van der Waals surface area (Å²) in [4.78, 5) is 3.04. The molecule has 0 atom stereocenters. The van der Waals surface area contributed by atoms with Crippen molar-refractivity contribution in [1.29, 1.82) is 5.26 Å². The molecule has 0 saturated heterocycles. The molecule has 7 nitrogen and oxygen atoms in total. The molecule has 3 aliphatic rings. The number of benzene rings is 1. The van der Waals surface area contributed by atoms with Gasteiger partial charge in [0.2, 0.25) is 0 Å².